The fourth-order valence-electron chi connectivity index (χ4n) is 9.38. The molecule has 13 heteroatoms. The summed E-state index contributed by atoms with van der Waals surface area (Å²) in [5.41, 5.74) is 0. The molecule has 0 aromatic rings. The summed E-state index contributed by atoms with van der Waals surface area (Å²) in [6.07, 6.45) is 37.1. The number of unbranched alkanes of at least 4 members (excludes halogenated alkanes) is 37. The van der Waals surface area contributed by atoms with E-state index in [0.29, 0.717) is 19.3 Å². The Morgan fingerprint density at radius 3 is 1.05 bits per heavy atom. The highest BCUT2D eigenvalue weighted by atomic mass is 31.2. The van der Waals surface area contributed by atoms with E-state index in [9.17, 15) is 44.9 Å². The van der Waals surface area contributed by atoms with Crippen molar-refractivity contribution >= 4 is 13.7 Å². The quantitative estimate of drug-likeness (QED) is 0.0213. The van der Waals surface area contributed by atoms with Crippen molar-refractivity contribution in [1.29, 1.82) is 0 Å². The van der Waals surface area contributed by atoms with Gasteiger partial charge in [-0.25, -0.2) is 4.57 Å². The number of carbonyl (C=O) groups is 1. The first-order valence-corrected chi connectivity index (χ1v) is 29.5. The summed E-state index contributed by atoms with van der Waals surface area (Å²) in [4.78, 5) is 23.5. The molecule has 6 unspecified atom stereocenters. The van der Waals surface area contributed by atoms with Crippen LogP contribution in [0.25, 0.3) is 0 Å². The summed E-state index contributed by atoms with van der Waals surface area (Å²) in [5.74, 6) is -0.301. The Labute approximate surface area is 404 Å². The summed E-state index contributed by atoms with van der Waals surface area (Å²) in [6, 6.07) is -1.03. The first-order chi connectivity index (χ1) is 31.9. The second-order valence-corrected chi connectivity index (χ2v) is 21.6. The third-order valence-electron chi connectivity index (χ3n) is 13.9. The van der Waals surface area contributed by atoms with Crippen molar-refractivity contribution in [3.8, 4) is 0 Å². The van der Waals surface area contributed by atoms with Gasteiger partial charge in [0.2, 0.25) is 5.91 Å². The van der Waals surface area contributed by atoms with Gasteiger partial charge in [0.25, 0.3) is 0 Å². The first-order valence-electron chi connectivity index (χ1n) is 28.0. The highest BCUT2D eigenvalue weighted by molar-refractivity contribution is 7.47. The Balaban J connectivity index is 2.31. The molecule has 0 aromatic carbocycles. The maximum Gasteiger partial charge on any atom is 0.472 e. The Bertz CT molecular complexity index is 1120. The minimum absolute atomic E-state index is 0.243. The van der Waals surface area contributed by atoms with Gasteiger partial charge < -0.3 is 40.8 Å². The molecule has 1 saturated carbocycles. The number of hydrogen-bond donors (Lipinski definition) is 8. The number of nitrogens with one attached hydrogen (secondary N) is 1. The normalized spacial score (nSPS) is 21.8. The van der Waals surface area contributed by atoms with E-state index in [4.69, 9.17) is 9.05 Å². The van der Waals surface area contributed by atoms with Gasteiger partial charge in [-0.15, -0.1) is 0 Å². The summed E-state index contributed by atoms with van der Waals surface area (Å²) < 4.78 is 23.1. The van der Waals surface area contributed by atoms with Crippen LogP contribution in [0.4, 0.5) is 0 Å². The van der Waals surface area contributed by atoms with E-state index in [1.165, 1.54) is 199 Å². The van der Waals surface area contributed by atoms with Crippen molar-refractivity contribution in [3.05, 3.63) is 0 Å². The number of phosphoric acid groups is 1. The lowest BCUT2D eigenvalue weighted by Crippen LogP contribution is -2.64. The molecule has 66 heavy (non-hydrogen) atoms. The van der Waals surface area contributed by atoms with Crippen LogP contribution < -0.4 is 5.32 Å². The van der Waals surface area contributed by atoms with Gasteiger partial charge in [-0.05, 0) is 12.8 Å². The monoisotopic (exact) mass is 964 g/mol. The van der Waals surface area contributed by atoms with Crippen LogP contribution in [-0.4, -0.2) is 96.8 Å². The van der Waals surface area contributed by atoms with Gasteiger partial charge in [0.1, 0.15) is 36.6 Å². The molecule has 0 radical (unpaired) electrons. The number of phosphoric ester groups is 1. The lowest BCUT2D eigenvalue weighted by atomic mass is 9.85. The van der Waals surface area contributed by atoms with E-state index in [0.717, 1.165) is 38.5 Å². The van der Waals surface area contributed by atoms with Crippen molar-refractivity contribution < 1.29 is 53.9 Å². The van der Waals surface area contributed by atoms with Crippen LogP contribution in [-0.2, 0) is 18.4 Å². The summed E-state index contributed by atoms with van der Waals surface area (Å²) >= 11 is 0. The molecule has 0 spiro atoms. The average molecular weight is 964 g/mol. The third-order valence-corrected chi connectivity index (χ3v) is 14.9. The van der Waals surface area contributed by atoms with Crippen molar-refractivity contribution in [2.75, 3.05) is 6.61 Å². The van der Waals surface area contributed by atoms with Crippen LogP contribution in [0, 0.1) is 0 Å². The van der Waals surface area contributed by atoms with Gasteiger partial charge in [-0.3, -0.25) is 13.8 Å². The molecule has 0 heterocycles. The highest BCUT2D eigenvalue weighted by Gasteiger charge is 2.51. The fourth-order valence-corrected chi connectivity index (χ4v) is 10.3. The van der Waals surface area contributed by atoms with Gasteiger partial charge in [0.15, 0.2) is 0 Å². The molecule has 0 bridgehead atoms. The van der Waals surface area contributed by atoms with E-state index in [1.807, 2.05) is 0 Å². The van der Waals surface area contributed by atoms with E-state index >= 15 is 0 Å². The molecular formula is C53H106NO11P. The lowest BCUT2D eigenvalue weighted by Gasteiger charge is -2.41. The predicted octanol–water partition coefficient (Wildman–Crippen LogP) is 12.2. The van der Waals surface area contributed by atoms with Gasteiger partial charge in [-0.2, -0.15) is 0 Å². The second-order valence-electron chi connectivity index (χ2n) is 20.1. The number of amides is 1. The van der Waals surface area contributed by atoms with Crippen LogP contribution in [0.1, 0.15) is 277 Å². The highest BCUT2D eigenvalue weighted by Crippen LogP contribution is 2.47. The van der Waals surface area contributed by atoms with Crippen LogP contribution in [0.15, 0.2) is 0 Å². The molecule has 0 aromatic heterocycles. The molecule has 12 nitrogen and oxygen atoms in total. The van der Waals surface area contributed by atoms with Crippen LogP contribution in [0.3, 0.4) is 0 Å². The zero-order valence-electron chi connectivity index (χ0n) is 42.5. The zero-order chi connectivity index (χ0) is 48.5. The minimum Gasteiger partial charge on any atom is -0.391 e. The molecule has 1 aliphatic carbocycles. The Hall–Kier alpha value is -0.660. The molecule has 0 saturated heterocycles. The Kier molecular flexibility index (Phi) is 41.4. The van der Waals surface area contributed by atoms with Crippen molar-refractivity contribution in [3.63, 3.8) is 0 Å². The van der Waals surface area contributed by atoms with Gasteiger partial charge in [-0.1, -0.05) is 258 Å². The van der Waals surface area contributed by atoms with Gasteiger partial charge >= 0.3 is 7.82 Å². The molecule has 9 atom stereocenters. The number of rotatable bonds is 48. The molecule has 0 aliphatic heterocycles. The molecule has 8 N–H and O–H groups in total. The molecule has 1 fully saturated rings. The number of carbonyl (C=O) groups excluding carboxylic acids is 1. The largest absolute Gasteiger partial charge is 0.472 e. The zero-order valence-corrected chi connectivity index (χ0v) is 43.4. The smallest absolute Gasteiger partial charge is 0.391 e. The van der Waals surface area contributed by atoms with Crippen molar-refractivity contribution in [2.24, 2.45) is 0 Å². The van der Waals surface area contributed by atoms with E-state index in [1.54, 1.807) is 0 Å². The lowest BCUT2D eigenvalue weighted by molar-refractivity contribution is -0.220. The molecule has 1 amide bonds. The summed E-state index contributed by atoms with van der Waals surface area (Å²) in [5, 5.41) is 64.4. The molecular weight excluding hydrogens is 858 g/mol. The number of aliphatic hydroxyl groups is 6. The average Bonchev–Trinajstić information content (AvgIpc) is 3.30. The third kappa shape index (κ3) is 33.8. The maximum absolute atomic E-state index is 13.0. The van der Waals surface area contributed by atoms with Gasteiger partial charge in [0.05, 0.1) is 18.8 Å². The van der Waals surface area contributed by atoms with E-state index in [2.05, 4.69) is 19.2 Å². The number of hydrogen-bond acceptors (Lipinski definition) is 10. The number of aliphatic hydroxyl groups excluding tert-OH is 6. The first kappa shape index (κ1) is 63.4. The van der Waals surface area contributed by atoms with Crippen molar-refractivity contribution in [1.82, 2.24) is 5.32 Å². The maximum atomic E-state index is 13.0. The van der Waals surface area contributed by atoms with Crippen LogP contribution in [0.5, 0.6) is 0 Å². The second kappa shape index (κ2) is 43.2. The van der Waals surface area contributed by atoms with Crippen molar-refractivity contribution in [2.45, 2.75) is 326 Å². The standard InChI is InChI=1S/C53H106NO11P/c1-3-5-7-9-11-13-15-17-19-20-21-22-23-24-25-26-27-29-31-33-35-37-39-41-43-47(56)54-45(44-64-66(62,63)65-53-51(60)49(58)48(57)50(59)52(53)61)46(55)42-40-38-36-34-32-30-28-18-16-14-12-10-8-6-4-2/h45-46,48-53,55,57-61H,3-44H2,1-2H3,(H,54,56)(H,62,63)/t45-,46+,48?,49+,50?,51?,52?,53?/m0/s1. The minimum atomic E-state index is -5.06. The summed E-state index contributed by atoms with van der Waals surface area (Å²) in [6.45, 7) is 3.93. The van der Waals surface area contributed by atoms with E-state index in [-0.39, 0.29) is 12.3 Å². The Morgan fingerprint density at radius 2 is 0.727 bits per heavy atom. The molecule has 394 valence electrons. The Morgan fingerprint density at radius 1 is 0.455 bits per heavy atom. The SMILES string of the molecule is CCCCCCCCCCCCCCCCCCCCCCCCCCC(=O)N[C@@H](COP(=O)(O)OC1C(O)C(O)C(O)[C@@H](O)C1O)[C@H](O)CCCCCCCCCCCCCCCCC. The van der Waals surface area contributed by atoms with Crippen LogP contribution >= 0.6 is 7.82 Å². The predicted molar refractivity (Wildman–Crippen MR) is 269 cm³/mol. The fraction of sp³-hybridized carbons (Fsp3) is 0.981. The molecule has 1 aliphatic rings. The summed E-state index contributed by atoms with van der Waals surface area (Å²) in [7, 11) is -5.06. The topological polar surface area (TPSA) is 206 Å². The molecule has 1 rings (SSSR count). The van der Waals surface area contributed by atoms with Gasteiger partial charge in [0, 0.05) is 6.42 Å². The van der Waals surface area contributed by atoms with Crippen LogP contribution in [0.2, 0.25) is 0 Å². The van der Waals surface area contributed by atoms with E-state index < -0.39 is 63.2 Å².